The van der Waals surface area contributed by atoms with Crippen molar-refractivity contribution in [3.63, 3.8) is 0 Å². The van der Waals surface area contributed by atoms with E-state index in [1.165, 1.54) is 35.6 Å². The summed E-state index contributed by atoms with van der Waals surface area (Å²) in [7, 11) is 0. The van der Waals surface area contributed by atoms with Crippen LogP contribution in [0.3, 0.4) is 0 Å². The van der Waals surface area contributed by atoms with Gasteiger partial charge in [0, 0.05) is 6.54 Å². The van der Waals surface area contributed by atoms with Gasteiger partial charge in [-0.3, -0.25) is 0 Å². The summed E-state index contributed by atoms with van der Waals surface area (Å²) in [5.41, 5.74) is 0.781. The zero-order chi connectivity index (χ0) is 16.7. The molecule has 2 rings (SSSR count). The predicted octanol–water partition coefficient (Wildman–Crippen LogP) is 2.69. The van der Waals surface area contributed by atoms with Crippen molar-refractivity contribution in [1.82, 2.24) is 10.6 Å². The lowest BCUT2D eigenvalue weighted by Crippen LogP contribution is -2.44. The van der Waals surface area contributed by atoms with Gasteiger partial charge >= 0.3 is 6.03 Å². The summed E-state index contributed by atoms with van der Waals surface area (Å²) in [6, 6.07) is 6.87. The van der Waals surface area contributed by atoms with Gasteiger partial charge in [-0.1, -0.05) is 0 Å². The molecule has 124 valence electrons. The summed E-state index contributed by atoms with van der Waals surface area (Å²) in [5, 5.41) is 18.9. The molecule has 0 spiro atoms. The van der Waals surface area contributed by atoms with Gasteiger partial charge in [-0.25, -0.2) is 9.18 Å². The molecule has 0 bridgehead atoms. The van der Waals surface area contributed by atoms with Crippen LogP contribution < -0.4 is 15.4 Å². The highest BCUT2D eigenvalue weighted by Gasteiger charge is 2.12. The molecule has 0 aliphatic heterocycles. The zero-order valence-corrected chi connectivity index (χ0v) is 13.5. The largest absolute Gasteiger partial charge is 0.491 e. The van der Waals surface area contributed by atoms with Crippen LogP contribution in [-0.2, 0) is 0 Å². The number of hydrogen-bond donors (Lipinski definition) is 3. The second-order valence-corrected chi connectivity index (χ2v) is 5.87. The highest BCUT2D eigenvalue weighted by molar-refractivity contribution is 7.07. The smallest absolute Gasteiger partial charge is 0.315 e. The van der Waals surface area contributed by atoms with Crippen molar-refractivity contribution in [2.24, 2.45) is 0 Å². The Bertz CT molecular complexity index is 604. The van der Waals surface area contributed by atoms with E-state index in [9.17, 15) is 14.3 Å². The van der Waals surface area contributed by atoms with Gasteiger partial charge < -0.3 is 20.5 Å². The van der Waals surface area contributed by atoms with Gasteiger partial charge in [0.2, 0.25) is 0 Å². The molecule has 0 fully saturated rings. The maximum atomic E-state index is 12.8. The lowest BCUT2D eigenvalue weighted by molar-refractivity contribution is 0.172. The lowest BCUT2D eigenvalue weighted by atomic mass is 10.2. The first-order chi connectivity index (χ1) is 11.0. The fraction of sp³-hybridized carbons (Fsp3) is 0.312. The third-order valence-corrected chi connectivity index (χ3v) is 3.78. The molecule has 2 aromatic rings. The Labute approximate surface area is 138 Å². The van der Waals surface area contributed by atoms with Gasteiger partial charge in [-0.05, 0) is 53.6 Å². The van der Waals surface area contributed by atoms with E-state index < -0.39 is 6.10 Å². The zero-order valence-electron chi connectivity index (χ0n) is 12.7. The van der Waals surface area contributed by atoms with E-state index in [4.69, 9.17) is 4.74 Å². The topological polar surface area (TPSA) is 70.6 Å². The minimum atomic E-state index is -0.724. The van der Waals surface area contributed by atoms with E-state index in [2.05, 4.69) is 10.6 Å². The second-order valence-electron chi connectivity index (χ2n) is 5.09. The number of aliphatic hydroxyl groups is 1. The molecule has 2 atom stereocenters. The van der Waals surface area contributed by atoms with E-state index in [1.54, 1.807) is 6.92 Å². The number of thiophene rings is 1. The normalized spacial score (nSPS) is 13.2. The maximum absolute atomic E-state index is 12.8. The van der Waals surface area contributed by atoms with Gasteiger partial charge in [0.15, 0.2) is 0 Å². The number of halogens is 1. The molecular weight excluding hydrogens is 319 g/mol. The number of ether oxygens (including phenoxy) is 1. The van der Waals surface area contributed by atoms with Crippen LogP contribution in [0.2, 0.25) is 0 Å². The van der Waals surface area contributed by atoms with Crippen molar-refractivity contribution in [3.05, 3.63) is 52.5 Å². The minimum absolute atomic E-state index is 0.133. The van der Waals surface area contributed by atoms with Crippen molar-refractivity contribution in [2.75, 3.05) is 13.2 Å². The van der Waals surface area contributed by atoms with E-state index in [-0.39, 0.29) is 31.0 Å². The van der Waals surface area contributed by atoms with Crippen LogP contribution in [0.5, 0.6) is 5.75 Å². The van der Waals surface area contributed by atoms with Crippen LogP contribution in [0.15, 0.2) is 41.1 Å². The molecule has 3 N–H and O–H groups in total. The molecule has 0 unspecified atom stereocenters. The number of amides is 2. The molecule has 2 amide bonds. The summed E-state index contributed by atoms with van der Waals surface area (Å²) in [5.74, 6) is 0.209. The number of hydrogen-bond acceptors (Lipinski definition) is 4. The SMILES string of the molecule is C[C@H](COc1ccc(F)cc1)NC(=O)NC[C@@H](O)c1ccsc1. The van der Waals surface area contributed by atoms with E-state index in [0.717, 1.165) is 5.56 Å². The number of benzene rings is 1. The highest BCUT2D eigenvalue weighted by Crippen LogP contribution is 2.15. The molecule has 1 aromatic carbocycles. The molecule has 7 heteroatoms. The molecule has 0 aliphatic carbocycles. The Morgan fingerprint density at radius 2 is 2.09 bits per heavy atom. The molecule has 5 nitrogen and oxygen atoms in total. The number of rotatable bonds is 7. The number of aliphatic hydroxyl groups excluding tert-OH is 1. The molecule has 1 aromatic heterocycles. The number of carbonyl (C=O) groups excluding carboxylic acids is 1. The van der Waals surface area contributed by atoms with E-state index in [1.807, 2.05) is 16.8 Å². The fourth-order valence-corrected chi connectivity index (χ4v) is 2.55. The Morgan fingerprint density at radius 3 is 2.74 bits per heavy atom. The first-order valence-corrected chi connectivity index (χ1v) is 8.12. The van der Waals surface area contributed by atoms with Crippen LogP contribution in [0.4, 0.5) is 9.18 Å². The third-order valence-electron chi connectivity index (χ3n) is 3.08. The summed E-state index contributed by atoms with van der Waals surface area (Å²) in [6.45, 7) is 2.18. The van der Waals surface area contributed by atoms with Gasteiger partial charge in [-0.2, -0.15) is 11.3 Å². The summed E-state index contributed by atoms with van der Waals surface area (Å²) < 4.78 is 18.2. The minimum Gasteiger partial charge on any atom is -0.491 e. The molecule has 23 heavy (non-hydrogen) atoms. The predicted molar refractivity (Wildman–Crippen MR) is 87.2 cm³/mol. The number of nitrogens with one attached hydrogen (secondary N) is 2. The van der Waals surface area contributed by atoms with E-state index in [0.29, 0.717) is 5.75 Å². The first-order valence-electron chi connectivity index (χ1n) is 7.17. The highest BCUT2D eigenvalue weighted by atomic mass is 32.1. The standard InChI is InChI=1S/C16H19FN2O3S/c1-11(9-22-14-4-2-13(17)3-5-14)19-16(21)18-8-15(20)12-6-7-23-10-12/h2-7,10-11,15,20H,8-9H2,1H3,(H2,18,19,21)/t11-,15-/m1/s1. The summed E-state index contributed by atoms with van der Waals surface area (Å²) in [6.07, 6.45) is -0.724. The molecular formula is C16H19FN2O3S. The summed E-state index contributed by atoms with van der Waals surface area (Å²) in [4.78, 5) is 11.7. The second kappa shape index (κ2) is 8.50. The van der Waals surface area contributed by atoms with Gasteiger partial charge in [0.1, 0.15) is 18.2 Å². The average molecular weight is 338 g/mol. The van der Waals surface area contributed by atoms with Crippen molar-refractivity contribution >= 4 is 17.4 Å². The number of urea groups is 1. The Balaban J connectivity index is 1.67. The Kier molecular flexibility index (Phi) is 6.37. The Morgan fingerprint density at radius 1 is 1.35 bits per heavy atom. The van der Waals surface area contributed by atoms with Crippen molar-refractivity contribution in [3.8, 4) is 5.75 Å². The third kappa shape index (κ3) is 5.88. The fourth-order valence-electron chi connectivity index (χ4n) is 1.84. The van der Waals surface area contributed by atoms with Crippen LogP contribution in [-0.4, -0.2) is 30.3 Å². The van der Waals surface area contributed by atoms with Gasteiger partial charge in [0.05, 0.1) is 12.1 Å². The van der Waals surface area contributed by atoms with E-state index >= 15 is 0 Å². The first kappa shape index (κ1) is 17.2. The van der Waals surface area contributed by atoms with Crippen molar-refractivity contribution in [2.45, 2.75) is 19.1 Å². The monoisotopic (exact) mass is 338 g/mol. The van der Waals surface area contributed by atoms with Crippen molar-refractivity contribution < 1.29 is 19.0 Å². The van der Waals surface area contributed by atoms with Crippen LogP contribution in [0.1, 0.15) is 18.6 Å². The Hall–Kier alpha value is -2.12. The quantitative estimate of drug-likeness (QED) is 0.727. The average Bonchev–Trinajstić information content (AvgIpc) is 3.06. The molecule has 0 saturated carbocycles. The molecule has 0 radical (unpaired) electrons. The van der Waals surface area contributed by atoms with Gasteiger partial charge in [-0.15, -0.1) is 0 Å². The molecule has 0 saturated heterocycles. The maximum Gasteiger partial charge on any atom is 0.315 e. The number of carbonyl (C=O) groups is 1. The van der Waals surface area contributed by atoms with Crippen LogP contribution in [0.25, 0.3) is 0 Å². The van der Waals surface area contributed by atoms with Crippen LogP contribution in [0, 0.1) is 5.82 Å². The lowest BCUT2D eigenvalue weighted by Gasteiger charge is -2.16. The van der Waals surface area contributed by atoms with Gasteiger partial charge in [0.25, 0.3) is 0 Å². The van der Waals surface area contributed by atoms with Crippen molar-refractivity contribution in [1.29, 1.82) is 0 Å². The molecule has 1 heterocycles. The summed E-state index contributed by atoms with van der Waals surface area (Å²) >= 11 is 1.49. The van der Waals surface area contributed by atoms with Crippen LogP contribution >= 0.6 is 11.3 Å². The molecule has 0 aliphatic rings.